The van der Waals surface area contributed by atoms with E-state index in [0.717, 1.165) is 17.9 Å². The van der Waals surface area contributed by atoms with Crippen LogP contribution in [-0.4, -0.2) is 19.1 Å². The summed E-state index contributed by atoms with van der Waals surface area (Å²) < 4.78 is 6.99. The molecule has 0 radical (unpaired) electrons. The molecule has 26 heavy (non-hydrogen) atoms. The van der Waals surface area contributed by atoms with Crippen molar-refractivity contribution < 1.29 is 4.57 Å². The second-order valence-corrected chi connectivity index (χ2v) is 6.70. The summed E-state index contributed by atoms with van der Waals surface area (Å²) in [6.07, 6.45) is 5.70. The second-order valence-electron chi connectivity index (χ2n) is 6.70. The second kappa shape index (κ2) is 4.79. The summed E-state index contributed by atoms with van der Waals surface area (Å²) >= 11 is 0. The van der Waals surface area contributed by atoms with Gasteiger partial charge in [0.1, 0.15) is 17.7 Å². The van der Waals surface area contributed by atoms with E-state index in [-0.39, 0.29) is 0 Å². The molecule has 5 aromatic rings. The van der Waals surface area contributed by atoms with Crippen molar-refractivity contribution in [2.75, 3.05) is 0 Å². The molecule has 124 valence electrons. The number of pyridine rings is 2. The molecule has 0 saturated carbocycles. The summed E-state index contributed by atoms with van der Waals surface area (Å²) in [7, 11) is 2.13. The molecule has 0 spiro atoms. The number of para-hydroxylation sites is 1. The van der Waals surface area contributed by atoms with Crippen LogP contribution in [0.25, 0.3) is 39.1 Å². The summed E-state index contributed by atoms with van der Waals surface area (Å²) in [5, 5.41) is 1.17. The lowest BCUT2D eigenvalue weighted by Gasteiger charge is -2.03. The molecule has 1 aromatic carbocycles. The number of aromatic nitrogens is 5. The van der Waals surface area contributed by atoms with Gasteiger partial charge < -0.3 is 0 Å². The Morgan fingerprint density at radius 2 is 1.88 bits per heavy atom. The molecule has 0 saturated heterocycles. The van der Waals surface area contributed by atoms with Crippen LogP contribution in [-0.2, 0) is 13.6 Å². The SMILES string of the molecule is Cn1c2ccncc2c2c1[n+]1c(n2-c2ccccc2)-c2cccnc2C1. The lowest BCUT2D eigenvalue weighted by molar-refractivity contribution is -0.648. The maximum Gasteiger partial charge on any atom is 0.270 e. The smallest absolute Gasteiger partial charge is 0.264 e. The fourth-order valence-electron chi connectivity index (χ4n) is 4.27. The van der Waals surface area contributed by atoms with E-state index in [1.807, 2.05) is 24.7 Å². The Morgan fingerprint density at radius 3 is 2.77 bits per heavy atom. The first kappa shape index (κ1) is 13.8. The van der Waals surface area contributed by atoms with Gasteiger partial charge in [0, 0.05) is 18.6 Å². The van der Waals surface area contributed by atoms with Crippen molar-refractivity contribution in [3.05, 3.63) is 72.8 Å². The van der Waals surface area contributed by atoms with Gasteiger partial charge in [-0.05, 0) is 30.3 Å². The van der Waals surface area contributed by atoms with Gasteiger partial charge in [0.15, 0.2) is 5.52 Å². The van der Waals surface area contributed by atoms with Crippen LogP contribution in [0, 0.1) is 0 Å². The maximum absolute atomic E-state index is 4.62. The normalized spacial score (nSPS) is 12.7. The molecule has 0 amide bonds. The van der Waals surface area contributed by atoms with E-state index in [0.29, 0.717) is 0 Å². The van der Waals surface area contributed by atoms with Gasteiger partial charge in [-0.2, -0.15) is 0 Å². The van der Waals surface area contributed by atoms with E-state index in [1.54, 1.807) is 0 Å². The van der Waals surface area contributed by atoms with Gasteiger partial charge >= 0.3 is 0 Å². The molecular weight excluding hydrogens is 322 g/mol. The molecule has 0 N–H and O–H groups in total. The van der Waals surface area contributed by atoms with Gasteiger partial charge in [0.05, 0.1) is 23.7 Å². The van der Waals surface area contributed by atoms with Crippen LogP contribution in [0.1, 0.15) is 5.69 Å². The minimum atomic E-state index is 0.791. The van der Waals surface area contributed by atoms with E-state index in [1.165, 1.54) is 33.5 Å². The highest BCUT2D eigenvalue weighted by Crippen LogP contribution is 2.36. The Balaban J connectivity index is 1.87. The molecule has 5 heteroatoms. The third-order valence-corrected chi connectivity index (χ3v) is 5.34. The lowest BCUT2D eigenvalue weighted by atomic mass is 10.2. The number of nitrogens with zero attached hydrogens (tertiary/aromatic N) is 5. The third-order valence-electron chi connectivity index (χ3n) is 5.34. The highest BCUT2D eigenvalue weighted by molar-refractivity contribution is 6.05. The van der Waals surface area contributed by atoms with Crippen LogP contribution < -0.4 is 4.57 Å². The fourth-order valence-corrected chi connectivity index (χ4v) is 4.27. The minimum Gasteiger partial charge on any atom is -0.264 e. The standard InChI is InChI=1S/C21H16N5/c1-24-18-9-11-22-12-16(18)19-21(24)25-13-17-15(8-5-10-23-17)20(25)26(19)14-6-3-2-4-7-14/h2-12H,13H2,1H3/q+1. The highest BCUT2D eigenvalue weighted by Gasteiger charge is 2.37. The molecule has 0 aliphatic carbocycles. The molecule has 0 atom stereocenters. The molecule has 1 aliphatic heterocycles. The topological polar surface area (TPSA) is 39.5 Å². The zero-order valence-electron chi connectivity index (χ0n) is 14.3. The monoisotopic (exact) mass is 338 g/mol. The van der Waals surface area contributed by atoms with E-state index in [4.69, 9.17) is 0 Å². The summed E-state index contributed by atoms with van der Waals surface area (Å²) in [6, 6.07) is 16.8. The number of fused-ring (bicyclic) bond motifs is 7. The first-order chi connectivity index (χ1) is 12.8. The van der Waals surface area contributed by atoms with E-state index in [9.17, 15) is 0 Å². The Bertz CT molecular complexity index is 1310. The average Bonchev–Trinajstić information content (AvgIpc) is 3.31. The van der Waals surface area contributed by atoms with Crippen LogP contribution in [0.15, 0.2) is 67.1 Å². The summed E-state index contributed by atoms with van der Waals surface area (Å²) in [5.41, 5.74) is 7.06. The average molecular weight is 338 g/mol. The van der Waals surface area contributed by atoms with Crippen LogP contribution in [0.5, 0.6) is 0 Å². The predicted molar refractivity (Wildman–Crippen MR) is 100 cm³/mol. The van der Waals surface area contributed by atoms with Gasteiger partial charge in [0.25, 0.3) is 5.65 Å². The summed E-state index contributed by atoms with van der Waals surface area (Å²) in [5.74, 6) is 1.19. The van der Waals surface area contributed by atoms with Crippen LogP contribution in [0.4, 0.5) is 0 Å². The number of imidazole rings is 1. The zero-order valence-corrected chi connectivity index (χ0v) is 14.3. The Morgan fingerprint density at radius 1 is 1.00 bits per heavy atom. The number of benzene rings is 1. The Labute approximate surface area is 149 Å². The number of hydrogen-bond acceptors (Lipinski definition) is 2. The number of rotatable bonds is 1. The predicted octanol–water partition coefficient (Wildman–Crippen LogP) is 3.23. The first-order valence-corrected chi connectivity index (χ1v) is 8.71. The molecule has 0 fully saturated rings. The van der Waals surface area contributed by atoms with Gasteiger partial charge in [-0.1, -0.05) is 18.2 Å². The van der Waals surface area contributed by atoms with Crippen molar-refractivity contribution >= 4 is 22.1 Å². The van der Waals surface area contributed by atoms with Crippen molar-refractivity contribution in [1.29, 1.82) is 0 Å². The van der Waals surface area contributed by atoms with Crippen LogP contribution in [0.2, 0.25) is 0 Å². The number of hydrogen-bond donors (Lipinski definition) is 0. The van der Waals surface area contributed by atoms with Gasteiger partial charge in [-0.3, -0.25) is 14.5 Å². The highest BCUT2D eigenvalue weighted by atomic mass is 15.3. The molecule has 0 unspecified atom stereocenters. The van der Waals surface area contributed by atoms with Gasteiger partial charge in [-0.15, -0.1) is 0 Å². The molecule has 4 aromatic heterocycles. The molecule has 0 bridgehead atoms. The van der Waals surface area contributed by atoms with Crippen LogP contribution >= 0.6 is 0 Å². The molecular formula is C21H16N5+. The van der Waals surface area contributed by atoms with E-state index >= 15 is 0 Å². The Kier molecular flexibility index (Phi) is 2.54. The maximum atomic E-state index is 4.62. The first-order valence-electron chi connectivity index (χ1n) is 8.71. The molecule has 1 aliphatic rings. The van der Waals surface area contributed by atoms with Gasteiger partial charge in [-0.25, -0.2) is 9.13 Å². The number of aryl methyl sites for hydroxylation is 1. The van der Waals surface area contributed by atoms with E-state index in [2.05, 4.69) is 73.2 Å². The van der Waals surface area contributed by atoms with Crippen molar-refractivity contribution in [2.45, 2.75) is 6.54 Å². The van der Waals surface area contributed by atoms with Crippen LogP contribution in [0.3, 0.4) is 0 Å². The quantitative estimate of drug-likeness (QED) is 0.432. The van der Waals surface area contributed by atoms with Crippen molar-refractivity contribution in [2.24, 2.45) is 7.05 Å². The fraction of sp³-hybridized carbons (Fsp3) is 0.0952. The third kappa shape index (κ3) is 1.57. The minimum absolute atomic E-state index is 0.791. The Hall–Kier alpha value is -3.47. The molecule has 5 heterocycles. The van der Waals surface area contributed by atoms with Crippen molar-refractivity contribution in [3.8, 4) is 17.1 Å². The van der Waals surface area contributed by atoms with E-state index < -0.39 is 0 Å². The molecule has 5 nitrogen and oxygen atoms in total. The molecule has 6 rings (SSSR count). The summed E-state index contributed by atoms with van der Waals surface area (Å²) in [4.78, 5) is 9.01. The van der Waals surface area contributed by atoms with Crippen molar-refractivity contribution in [1.82, 2.24) is 19.1 Å². The van der Waals surface area contributed by atoms with Crippen molar-refractivity contribution in [3.63, 3.8) is 0 Å². The zero-order chi connectivity index (χ0) is 17.3. The van der Waals surface area contributed by atoms with Gasteiger partial charge in [0.2, 0.25) is 5.82 Å². The summed E-state index contributed by atoms with van der Waals surface area (Å²) in [6.45, 7) is 0.791. The largest absolute Gasteiger partial charge is 0.270 e. The lowest BCUT2D eigenvalue weighted by Crippen LogP contribution is -2.33.